The fourth-order valence-corrected chi connectivity index (χ4v) is 3.38. The SMILES string of the molecule is CCCNC1C(N2CCOCC2)CCC1(C)C. The molecule has 2 atom stereocenters. The lowest BCUT2D eigenvalue weighted by Gasteiger charge is -2.39. The van der Waals surface area contributed by atoms with Gasteiger partial charge in [0, 0.05) is 25.2 Å². The third-order valence-corrected chi connectivity index (χ3v) is 4.44. The highest BCUT2D eigenvalue weighted by Crippen LogP contribution is 2.40. The Balaban J connectivity index is 1.99. The van der Waals surface area contributed by atoms with Gasteiger partial charge in [-0.15, -0.1) is 0 Å². The van der Waals surface area contributed by atoms with E-state index < -0.39 is 0 Å². The van der Waals surface area contributed by atoms with E-state index in [1.165, 1.54) is 19.3 Å². The van der Waals surface area contributed by atoms with Crippen LogP contribution in [0.5, 0.6) is 0 Å². The number of nitrogens with one attached hydrogen (secondary N) is 1. The van der Waals surface area contributed by atoms with Crippen LogP contribution in [0, 0.1) is 5.41 Å². The second-order valence-corrected chi connectivity index (χ2v) is 6.17. The predicted molar refractivity (Wildman–Crippen MR) is 71.3 cm³/mol. The number of morpholine rings is 1. The van der Waals surface area contributed by atoms with Gasteiger partial charge in [0.1, 0.15) is 0 Å². The van der Waals surface area contributed by atoms with Gasteiger partial charge in [-0.05, 0) is 31.2 Å². The molecule has 0 spiro atoms. The summed E-state index contributed by atoms with van der Waals surface area (Å²) >= 11 is 0. The van der Waals surface area contributed by atoms with Crippen molar-refractivity contribution >= 4 is 0 Å². The van der Waals surface area contributed by atoms with Gasteiger partial charge in [0.2, 0.25) is 0 Å². The molecule has 3 heteroatoms. The quantitative estimate of drug-likeness (QED) is 0.812. The maximum atomic E-state index is 5.47. The minimum absolute atomic E-state index is 0.443. The molecule has 17 heavy (non-hydrogen) atoms. The fourth-order valence-electron chi connectivity index (χ4n) is 3.38. The van der Waals surface area contributed by atoms with Gasteiger partial charge in [-0.3, -0.25) is 4.90 Å². The largest absolute Gasteiger partial charge is 0.379 e. The van der Waals surface area contributed by atoms with E-state index in [0.717, 1.165) is 38.9 Å². The van der Waals surface area contributed by atoms with Gasteiger partial charge in [-0.25, -0.2) is 0 Å². The summed E-state index contributed by atoms with van der Waals surface area (Å²) < 4.78 is 5.47. The topological polar surface area (TPSA) is 24.5 Å². The summed E-state index contributed by atoms with van der Waals surface area (Å²) in [5.74, 6) is 0. The van der Waals surface area contributed by atoms with Crippen LogP contribution in [0.25, 0.3) is 0 Å². The van der Waals surface area contributed by atoms with E-state index in [2.05, 4.69) is 31.0 Å². The Bertz CT molecular complexity index is 236. The lowest BCUT2D eigenvalue weighted by molar-refractivity contribution is 0.00820. The zero-order chi connectivity index (χ0) is 12.3. The molecule has 1 saturated carbocycles. The number of hydrogen-bond donors (Lipinski definition) is 1. The fraction of sp³-hybridized carbons (Fsp3) is 1.00. The molecule has 0 aromatic carbocycles. The van der Waals surface area contributed by atoms with Gasteiger partial charge in [0.25, 0.3) is 0 Å². The van der Waals surface area contributed by atoms with E-state index in [4.69, 9.17) is 4.74 Å². The Kier molecular flexibility index (Phi) is 4.45. The van der Waals surface area contributed by atoms with Gasteiger partial charge in [-0.2, -0.15) is 0 Å². The van der Waals surface area contributed by atoms with Crippen molar-refractivity contribution < 1.29 is 4.74 Å². The Hall–Kier alpha value is -0.120. The molecular formula is C14H28N2O. The van der Waals surface area contributed by atoms with Crippen LogP contribution in [0.15, 0.2) is 0 Å². The first-order valence-electron chi connectivity index (χ1n) is 7.20. The molecule has 3 nitrogen and oxygen atoms in total. The standard InChI is InChI=1S/C14H28N2O/c1-4-7-15-13-12(5-6-14(13,2)3)16-8-10-17-11-9-16/h12-13,15H,4-11H2,1-3H3. The van der Waals surface area contributed by atoms with Gasteiger partial charge in [0.15, 0.2) is 0 Å². The van der Waals surface area contributed by atoms with Crippen LogP contribution in [-0.4, -0.2) is 49.8 Å². The molecule has 1 aliphatic carbocycles. The monoisotopic (exact) mass is 240 g/mol. The van der Waals surface area contributed by atoms with E-state index in [9.17, 15) is 0 Å². The molecule has 1 N–H and O–H groups in total. The maximum Gasteiger partial charge on any atom is 0.0594 e. The van der Waals surface area contributed by atoms with E-state index >= 15 is 0 Å². The lowest BCUT2D eigenvalue weighted by Crippen LogP contribution is -2.54. The summed E-state index contributed by atoms with van der Waals surface area (Å²) in [6.07, 6.45) is 3.91. The van der Waals surface area contributed by atoms with Crippen molar-refractivity contribution in [3.8, 4) is 0 Å². The van der Waals surface area contributed by atoms with Crippen LogP contribution in [0.4, 0.5) is 0 Å². The van der Waals surface area contributed by atoms with Crippen LogP contribution in [0.1, 0.15) is 40.0 Å². The molecule has 0 aromatic rings. The Labute approximate surface area is 106 Å². The summed E-state index contributed by atoms with van der Waals surface area (Å²) in [6.45, 7) is 12.3. The van der Waals surface area contributed by atoms with E-state index in [1.807, 2.05) is 0 Å². The summed E-state index contributed by atoms with van der Waals surface area (Å²) in [4.78, 5) is 2.64. The molecule has 2 unspecified atom stereocenters. The summed E-state index contributed by atoms with van der Waals surface area (Å²) in [6, 6.07) is 1.38. The summed E-state index contributed by atoms with van der Waals surface area (Å²) in [5.41, 5.74) is 0.443. The normalized spacial score (nSPS) is 34.1. The van der Waals surface area contributed by atoms with Crippen molar-refractivity contribution in [3.05, 3.63) is 0 Å². The highest BCUT2D eigenvalue weighted by atomic mass is 16.5. The van der Waals surface area contributed by atoms with Crippen molar-refractivity contribution in [2.45, 2.75) is 52.1 Å². The predicted octanol–water partition coefficient (Wildman–Crippen LogP) is 1.88. The molecule has 0 aromatic heterocycles. The van der Waals surface area contributed by atoms with E-state index in [-0.39, 0.29) is 0 Å². The summed E-state index contributed by atoms with van der Waals surface area (Å²) in [7, 11) is 0. The van der Waals surface area contributed by atoms with Crippen LogP contribution in [0.2, 0.25) is 0 Å². The van der Waals surface area contributed by atoms with Gasteiger partial charge >= 0.3 is 0 Å². The highest BCUT2D eigenvalue weighted by molar-refractivity contribution is 5.01. The number of ether oxygens (including phenoxy) is 1. The van der Waals surface area contributed by atoms with Gasteiger partial charge in [0.05, 0.1) is 13.2 Å². The molecule has 2 fully saturated rings. The molecular weight excluding hydrogens is 212 g/mol. The number of nitrogens with zero attached hydrogens (tertiary/aromatic N) is 1. The highest BCUT2D eigenvalue weighted by Gasteiger charge is 2.44. The Morgan fingerprint density at radius 1 is 1.29 bits per heavy atom. The molecule has 0 radical (unpaired) electrons. The van der Waals surface area contributed by atoms with Crippen molar-refractivity contribution in [2.24, 2.45) is 5.41 Å². The van der Waals surface area contributed by atoms with E-state index in [0.29, 0.717) is 11.5 Å². The average Bonchev–Trinajstić information content (AvgIpc) is 2.63. The first-order valence-corrected chi connectivity index (χ1v) is 7.20. The van der Waals surface area contributed by atoms with Crippen molar-refractivity contribution in [2.75, 3.05) is 32.8 Å². The van der Waals surface area contributed by atoms with Crippen LogP contribution in [-0.2, 0) is 4.74 Å². The number of rotatable bonds is 4. The molecule has 1 heterocycles. The molecule has 1 saturated heterocycles. The first-order chi connectivity index (χ1) is 8.15. The van der Waals surface area contributed by atoms with Crippen LogP contribution < -0.4 is 5.32 Å². The first kappa shape index (κ1) is 13.3. The molecule has 0 bridgehead atoms. The van der Waals surface area contributed by atoms with Crippen LogP contribution >= 0.6 is 0 Å². The molecule has 2 rings (SSSR count). The molecule has 100 valence electrons. The zero-order valence-corrected chi connectivity index (χ0v) is 11.7. The minimum atomic E-state index is 0.443. The zero-order valence-electron chi connectivity index (χ0n) is 11.7. The molecule has 2 aliphatic rings. The van der Waals surface area contributed by atoms with Crippen LogP contribution in [0.3, 0.4) is 0 Å². The number of hydrogen-bond acceptors (Lipinski definition) is 3. The lowest BCUT2D eigenvalue weighted by atomic mass is 9.86. The second kappa shape index (κ2) is 5.68. The van der Waals surface area contributed by atoms with Gasteiger partial charge < -0.3 is 10.1 Å². The van der Waals surface area contributed by atoms with Crippen molar-refractivity contribution in [1.29, 1.82) is 0 Å². The maximum absolute atomic E-state index is 5.47. The van der Waals surface area contributed by atoms with Gasteiger partial charge in [-0.1, -0.05) is 20.8 Å². The average molecular weight is 240 g/mol. The van der Waals surface area contributed by atoms with Crippen molar-refractivity contribution in [1.82, 2.24) is 10.2 Å². The molecule has 0 amide bonds. The third kappa shape index (κ3) is 3.01. The molecule has 1 aliphatic heterocycles. The smallest absolute Gasteiger partial charge is 0.0594 e. The van der Waals surface area contributed by atoms with Crippen molar-refractivity contribution in [3.63, 3.8) is 0 Å². The van der Waals surface area contributed by atoms with E-state index in [1.54, 1.807) is 0 Å². The Morgan fingerprint density at radius 3 is 2.65 bits per heavy atom. The summed E-state index contributed by atoms with van der Waals surface area (Å²) in [5, 5.41) is 3.79. The Morgan fingerprint density at radius 2 is 2.00 bits per heavy atom. The second-order valence-electron chi connectivity index (χ2n) is 6.17. The third-order valence-electron chi connectivity index (χ3n) is 4.44. The minimum Gasteiger partial charge on any atom is -0.379 e.